The van der Waals surface area contributed by atoms with Crippen LogP contribution in [0.4, 0.5) is 0 Å². The zero-order chi connectivity index (χ0) is 11.0. The second-order valence-electron chi connectivity index (χ2n) is 3.87. The van der Waals surface area contributed by atoms with Crippen molar-refractivity contribution in [1.82, 2.24) is 9.61 Å². The number of aromatic nitrogens is 2. The van der Waals surface area contributed by atoms with Crippen LogP contribution in [-0.4, -0.2) is 15.5 Å². The molecule has 0 atom stereocenters. The molecule has 2 aromatic heterocycles. The maximum absolute atomic E-state index is 11.1. The first-order valence-electron chi connectivity index (χ1n) is 4.86. The average molecular weight is 203 g/mol. The normalized spacial score (nSPS) is 11.1. The predicted molar refractivity (Wildman–Crippen MR) is 57.8 cm³/mol. The highest BCUT2D eigenvalue weighted by atomic mass is 16.1. The van der Waals surface area contributed by atoms with Gasteiger partial charge in [-0.1, -0.05) is 13.8 Å². The fourth-order valence-electron chi connectivity index (χ4n) is 1.55. The van der Waals surface area contributed by atoms with Crippen LogP contribution in [0.15, 0.2) is 24.5 Å². The lowest BCUT2D eigenvalue weighted by atomic mass is 10.0. The standard InChI is InChI=1S/C11H13N3O/c1-7(2)8-3-4-14-10(5-8)9(6-13-14)11(12)15/h3-7H,1-2H3,(H2,12,15). The smallest absolute Gasteiger partial charge is 0.252 e. The maximum Gasteiger partial charge on any atom is 0.252 e. The minimum atomic E-state index is -0.439. The third-order valence-electron chi connectivity index (χ3n) is 2.48. The number of amides is 1. The Hall–Kier alpha value is -1.84. The zero-order valence-corrected chi connectivity index (χ0v) is 8.77. The van der Waals surface area contributed by atoms with Crippen LogP contribution < -0.4 is 5.73 Å². The molecular weight excluding hydrogens is 190 g/mol. The molecule has 0 aromatic carbocycles. The second-order valence-corrected chi connectivity index (χ2v) is 3.87. The van der Waals surface area contributed by atoms with Crippen molar-refractivity contribution in [2.24, 2.45) is 5.73 Å². The van der Waals surface area contributed by atoms with Gasteiger partial charge in [0.05, 0.1) is 17.3 Å². The van der Waals surface area contributed by atoms with Gasteiger partial charge in [-0.05, 0) is 23.6 Å². The Morgan fingerprint density at radius 3 is 2.87 bits per heavy atom. The Labute approximate surface area is 87.7 Å². The van der Waals surface area contributed by atoms with Crippen molar-refractivity contribution in [2.45, 2.75) is 19.8 Å². The van der Waals surface area contributed by atoms with E-state index in [1.807, 2.05) is 18.3 Å². The van der Waals surface area contributed by atoms with Crippen LogP contribution in [0.5, 0.6) is 0 Å². The molecule has 0 spiro atoms. The lowest BCUT2D eigenvalue weighted by Crippen LogP contribution is -2.10. The number of nitrogens with zero attached hydrogens (tertiary/aromatic N) is 2. The van der Waals surface area contributed by atoms with Crippen LogP contribution >= 0.6 is 0 Å². The maximum atomic E-state index is 11.1. The van der Waals surface area contributed by atoms with Gasteiger partial charge in [-0.3, -0.25) is 4.79 Å². The van der Waals surface area contributed by atoms with Crippen molar-refractivity contribution in [1.29, 1.82) is 0 Å². The Bertz CT molecular complexity index is 514. The summed E-state index contributed by atoms with van der Waals surface area (Å²) in [6.07, 6.45) is 3.35. The highest BCUT2D eigenvalue weighted by Crippen LogP contribution is 2.18. The van der Waals surface area contributed by atoms with Gasteiger partial charge in [-0.2, -0.15) is 5.10 Å². The number of pyridine rings is 1. The summed E-state index contributed by atoms with van der Waals surface area (Å²) in [5.41, 5.74) is 7.67. The summed E-state index contributed by atoms with van der Waals surface area (Å²) in [5, 5.41) is 4.06. The first-order valence-corrected chi connectivity index (χ1v) is 4.86. The molecule has 2 rings (SSSR count). The van der Waals surface area contributed by atoms with E-state index in [4.69, 9.17) is 5.73 Å². The number of carbonyl (C=O) groups is 1. The van der Waals surface area contributed by atoms with Crippen molar-refractivity contribution < 1.29 is 4.79 Å². The molecule has 2 heterocycles. The van der Waals surface area contributed by atoms with Gasteiger partial charge in [0.2, 0.25) is 0 Å². The number of hydrogen-bond acceptors (Lipinski definition) is 2. The molecule has 0 saturated heterocycles. The highest BCUT2D eigenvalue weighted by molar-refractivity contribution is 5.99. The van der Waals surface area contributed by atoms with Crippen LogP contribution in [0.2, 0.25) is 0 Å². The molecule has 0 saturated carbocycles. The Morgan fingerprint density at radius 2 is 2.27 bits per heavy atom. The van der Waals surface area contributed by atoms with E-state index in [0.29, 0.717) is 11.5 Å². The summed E-state index contributed by atoms with van der Waals surface area (Å²) in [6.45, 7) is 4.21. The summed E-state index contributed by atoms with van der Waals surface area (Å²) in [4.78, 5) is 11.1. The molecule has 2 N–H and O–H groups in total. The summed E-state index contributed by atoms with van der Waals surface area (Å²) >= 11 is 0. The van der Waals surface area contributed by atoms with E-state index in [2.05, 4.69) is 18.9 Å². The van der Waals surface area contributed by atoms with E-state index in [-0.39, 0.29) is 0 Å². The molecule has 15 heavy (non-hydrogen) atoms. The molecule has 0 unspecified atom stereocenters. The fourth-order valence-corrected chi connectivity index (χ4v) is 1.55. The van der Waals surface area contributed by atoms with Crippen molar-refractivity contribution in [2.75, 3.05) is 0 Å². The minimum Gasteiger partial charge on any atom is -0.365 e. The predicted octanol–water partition coefficient (Wildman–Crippen LogP) is 1.56. The van der Waals surface area contributed by atoms with Crippen LogP contribution in [0.1, 0.15) is 35.7 Å². The second kappa shape index (κ2) is 3.38. The lowest BCUT2D eigenvalue weighted by Gasteiger charge is -2.05. The highest BCUT2D eigenvalue weighted by Gasteiger charge is 2.10. The van der Waals surface area contributed by atoms with Crippen molar-refractivity contribution >= 4 is 11.4 Å². The van der Waals surface area contributed by atoms with Crippen molar-refractivity contribution in [3.05, 3.63) is 35.7 Å². The Morgan fingerprint density at radius 1 is 1.53 bits per heavy atom. The molecule has 2 aromatic rings. The first-order chi connectivity index (χ1) is 7.09. The van der Waals surface area contributed by atoms with Gasteiger partial charge in [-0.15, -0.1) is 0 Å². The minimum absolute atomic E-state index is 0.422. The molecule has 0 radical (unpaired) electrons. The summed E-state index contributed by atoms with van der Waals surface area (Å²) in [7, 11) is 0. The summed E-state index contributed by atoms with van der Waals surface area (Å²) in [6, 6.07) is 3.95. The van der Waals surface area contributed by atoms with E-state index in [1.54, 1.807) is 4.52 Å². The zero-order valence-electron chi connectivity index (χ0n) is 8.77. The fraction of sp³-hybridized carbons (Fsp3) is 0.273. The summed E-state index contributed by atoms with van der Waals surface area (Å²) < 4.78 is 1.66. The molecule has 0 fully saturated rings. The van der Waals surface area contributed by atoms with Crippen LogP contribution in [0.25, 0.3) is 5.52 Å². The lowest BCUT2D eigenvalue weighted by molar-refractivity contribution is 0.100. The van der Waals surface area contributed by atoms with Crippen LogP contribution in [0.3, 0.4) is 0 Å². The largest absolute Gasteiger partial charge is 0.365 e. The van der Waals surface area contributed by atoms with Gasteiger partial charge in [0, 0.05) is 6.20 Å². The van der Waals surface area contributed by atoms with Gasteiger partial charge >= 0.3 is 0 Å². The molecule has 0 aliphatic heterocycles. The number of carbonyl (C=O) groups excluding carboxylic acids is 1. The number of nitrogens with two attached hydrogens (primary N) is 1. The van der Waals surface area contributed by atoms with Crippen molar-refractivity contribution in [3.63, 3.8) is 0 Å². The average Bonchev–Trinajstić information content (AvgIpc) is 2.59. The topological polar surface area (TPSA) is 60.4 Å². The van der Waals surface area contributed by atoms with Gasteiger partial charge < -0.3 is 5.73 Å². The molecule has 0 aliphatic carbocycles. The number of primary amides is 1. The van der Waals surface area contributed by atoms with Gasteiger partial charge in [0.1, 0.15) is 0 Å². The van der Waals surface area contributed by atoms with E-state index >= 15 is 0 Å². The van der Waals surface area contributed by atoms with Crippen LogP contribution in [0, 0.1) is 0 Å². The summed E-state index contributed by atoms with van der Waals surface area (Å²) in [5.74, 6) is -0.0171. The molecule has 4 heteroatoms. The number of hydrogen-bond donors (Lipinski definition) is 1. The quantitative estimate of drug-likeness (QED) is 0.805. The van der Waals surface area contributed by atoms with Crippen molar-refractivity contribution in [3.8, 4) is 0 Å². The van der Waals surface area contributed by atoms with E-state index in [9.17, 15) is 4.79 Å². The molecule has 0 bridgehead atoms. The number of fused-ring (bicyclic) bond motifs is 1. The third-order valence-corrected chi connectivity index (χ3v) is 2.48. The Balaban J connectivity index is 2.66. The van der Waals surface area contributed by atoms with Gasteiger partial charge in [0.25, 0.3) is 5.91 Å². The number of rotatable bonds is 2. The SMILES string of the molecule is CC(C)c1ccn2ncc(C(N)=O)c2c1. The first kappa shape index (κ1) is 9.71. The molecule has 78 valence electrons. The molecule has 0 aliphatic rings. The monoisotopic (exact) mass is 203 g/mol. The van der Waals surface area contributed by atoms with E-state index < -0.39 is 5.91 Å². The van der Waals surface area contributed by atoms with Gasteiger partial charge in [-0.25, -0.2) is 4.52 Å². The molecule has 4 nitrogen and oxygen atoms in total. The molecule has 1 amide bonds. The Kier molecular flexibility index (Phi) is 2.19. The third kappa shape index (κ3) is 1.58. The van der Waals surface area contributed by atoms with E-state index in [1.165, 1.54) is 11.8 Å². The van der Waals surface area contributed by atoms with Crippen LogP contribution in [-0.2, 0) is 0 Å². The van der Waals surface area contributed by atoms with Gasteiger partial charge in [0.15, 0.2) is 0 Å². The van der Waals surface area contributed by atoms with E-state index in [0.717, 1.165) is 5.52 Å². The molecular formula is C11H13N3O.